The fraction of sp³-hybridized carbons (Fsp3) is 0.588. The average molecular weight is 323 g/mol. The second-order valence-electron chi connectivity index (χ2n) is 6.50. The highest BCUT2D eigenvalue weighted by Crippen LogP contribution is 2.58. The van der Waals surface area contributed by atoms with Crippen LogP contribution in [0, 0.1) is 11.3 Å². The maximum atomic E-state index is 12.3. The van der Waals surface area contributed by atoms with E-state index in [9.17, 15) is 4.79 Å². The van der Waals surface area contributed by atoms with Crippen molar-refractivity contribution in [3.8, 4) is 5.75 Å². The zero-order valence-corrected chi connectivity index (χ0v) is 13.7. The van der Waals surface area contributed by atoms with Crippen LogP contribution in [0.25, 0.3) is 0 Å². The van der Waals surface area contributed by atoms with Crippen LogP contribution in [0.3, 0.4) is 0 Å². The second kappa shape index (κ2) is 6.47. The monoisotopic (exact) mass is 322 g/mol. The maximum Gasteiger partial charge on any atom is 0.223 e. The lowest BCUT2D eigenvalue weighted by atomic mass is 9.92. The first-order valence-corrected chi connectivity index (χ1v) is 8.37. The standard InChI is InChI=1S/C17H23ClN2O2/c1-12(22-14-4-2-3-13(18)9-14)11-20-16(21)15-10-17(15)5-7-19-8-6-17/h2-4,9,12,15,19H,5-8,10-11H2,1H3,(H,20,21). The summed E-state index contributed by atoms with van der Waals surface area (Å²) in [6, 6.07) is 7.32. The lowest BCUT2D eigenvalue weighted by Crippen LogP contribution is -2.37. The van der Waals surface area contributed by atoms with Crippen molar-refractivity contribution in [2.24, 2.45) is 11.3 Å². The van der Waals surface area contributed by atoms with Crippen molar-refractivity contribution in [1.29, 1.82) is 0 Å². The third-order valence-electron chi connectivity index (χ3n) is 4.80. The molecule has 1 heterocycles. The molecule has 0 bridgehead atoms. The van der Waals surface area contributed by atoms with Crippen molar-refractivity contribution in [3.63, 3.8) is 0 Å². The van der Waals surface area contributed by atoms with Gasteiger partial charge in [-0.2, -0.15) is 0 Å². The van der Waals surface area contributed by atoms with Crippen LogP contribution in [0.4, 0.5) is 0 Å². The lowest BCUT2D eigenvalue weighted by molar-refractivity contribution is -0.123. The normalized spacial score (nSPS) is 23.8. The summed E-state index contributed by atoms with van der Waals surface area (Å²) in [6.07, 6.45) is 3.22. The van der Waals surface area contributed by atoms with Crippen molar-refractivity contribution in [1.82, 2.24) is 10.6 Å². The van der Waals surface area contributed by atoms with Crippen LogP contribution in [0.2, 0.25) is 5.02 Å². The fourth-order valence-corrected chi connectivity index (χ4v) is 3.56. The Balaban J connectivity index is 1.43. The first kappa shape index (κ1) is 15.6. The van der Waals surface area contributed by atoms with E-state index >= 15 is 0 Å². The van der Waals surface area contributed by atoms with Gasteiger partial charge >= 0.3 is 0 Å². The van der Waals surface area contributed by atoms with Gasteiger partial charge in [-0.05, 0) is 62.9 Å². The van der Waals surface area contributed by atoms with Crippen LogP contribution in [0.1, 0.15) is 26.2 Å². The third-order valence-corrected chi connectivity index (χ3v) is 5.04. The minimum Gasteiger partial charge on any atom is -0.489 e. The van der Waals surface area contributed by atoms with Gasteiger partial charge in [0.25, 0.3) is 0 Å². The highest BCUT2D eigenvalue weighted by atomic mass is 35.5. The number of rotatable bonds is 5. The molecule has 2 fully saturated rings. The SMILES string of the molecule is CC(CNC(=O)C1CC12CCNCC2)Oc1cccc(Cl)c1. The molecule has 2 N–H and O–H groups in total. The smallest absolute Gasteiger partial charge is 0.223 e. The Bertz CT molecular complexity index is 543. The summed E-state index contributed by atoms with van der Waals surface area (Å²) in [6.45, 7) is 4.56. The van der Waals surface area contributed by atoms with Gasteiger partial charge in [0.2, 0.25) is 5.91 Å². The molecule has 1 aliphatic carbocycles. The van der Waals surface area contributed by atoms with Gasteiger partial charge < -0.3 is 15.4 Å². The Kier molecular flexibility index (Phi) is 4.59. The first-order chi connectivity index (χ1) is 10.6. The molecule has 1 aliphatic heterocycles. The number of benzene rings is 1. The molecule has 2 unspecified atom stereocenters. The minimum absolute atomic E-state index is 0.0786. The fourth-order valence-electron chi connectivity index (χ4n) is 3.38. The number of hydrogen-bond acceptors (Lipinski definition) is 3. The Morgan fingerprint density at radius 3 is 3.00 bits per heavy atom. The Morgan fingerprint density at radius 2 is 2.27 bits per heavy atom. The largest absolute Gasteiger partial charge is 0.489 e. The van der Waals surface area contributed by atoms with Crippen LogP contribution in [0.5, 0.6) is 5.75 Å². The van der Waals surface area contributed by atoms with Crippen LogP contribution >= 0.6 is 11.6 Å². The quantitative estimate of drug-likeness (QED) is 0.876. The van der Waals surface area contributed by atoms with Gasteiger partial charge in [-0.25, -0.2) is 0 Å². The van der Waals surface area contributed by atoms with E-state index in [1.54, 1.807) is 6.07 Å². The van der Waals surface area contributed by atoms with Crippen LogP contribution in [-0.4, -0.2) is 31.6 Å². The molecule has 22 heavy (non-hydrogen) atoms. The molecular weight excluding hydrogens is 300 g/mol. The maximum absolute atomic E-state index is 12.3. The van der Waals surface area contributed by atoms with Crippen LogP contribution < -0.4 is 15.4 Å². The third kappa shape index (κ3) is 3.55. The van der Waals surface area contributed by atoms with Crippen molar-refractivity contribution >= 4 is 17.5 Å². The number of halogens is 1. The molecule has 1 saturated heterocycles. The molecule has 0 radical (unpaired) electrons. The predicted octanol–water partition coefficient (Wildman–Crippen LogP) is 2.61. The molecular formula is C17H23ClN2O2. The molecule has 120 valence electrons. The zero-order chi connectivity index (χ0) is 15.6. The molecule has 3 rings (SSSR count). The average Bonchev–Trinajstić information content (AvgIpc) is 3.19. The molecule has 2 aliphatic rings. The van der Waals surface area contributed by atoms with Crippen LogP contribution in [0.15, 0.2) is 24.3 Å². The molecule has 5 heteroatoms. The van der Waals surface area contributed by atoms with Crippen molar-refractivity contribution in [2.45, 2.75) is 32.3 Å². The summed E-state index contributed by atoms with van der Waals surface area (Å²) in [7, 11) is 0. The van der Waals surface area contributed by atoms with Gasteiger partial charge in [-0.1, -0.05) is 17.7 Å². The summed E-state index contributed by atoms with van der Waals surface area (Å²) in [5.41, 5.74) is 0.284. The minimum atomic E-state index is -0.0786. The van der Waals surface area contributed by atoms with Gasteiger partial charge in [-0.15, -0.1) is 0 Å². The lowest BCUT2D eigenvalue weighted by Gasteiger charge is -2.23. The number of hydrogen-bond donors (Lipinski definition) is 2. The van der Waals surface area contributed by atoms with Crippen molar-refractivity contribution < 1.29 is 9.53 Å². The highest BCUT2D eigenvalue weighted by molar-refractivity contribution is 6.30. The molecule has 1 aromatic carbocycles. The highest BCUT2D eigenvalue weighted by Gasteiger charge is 2.57. The van der Waals surface area contributed by atoms with Gasteiger partial charge in [-0.3, -0.25) is 4.79 Å². The first-order valence-electron chi connectivity index (χ1n) is 8.00. The topological polar surface area (TPSA) is 50.4 Å². The predicted molar refractivity (Wildman–Crippen MR) is 87.2 cm³/mol. The van der Waals surface area contributed by atoms with E-state index in [1.165, 1.54) is 0 Å². The van der Waals surface area contributed by atoms with E-state index in [-0.39, 0.29) is 23.3 Å². The number of carbonyl (C=O) groups is 1. The summed E-state index contributed by atoms with van der Waals surface area (Å²) in [4.78, 5) is 12.3. The Labute approximate surface area is 136 Å². The number of amides is 1. The van der Waals surface area contributed by atoms with E-state index in [0.717, 1.165) is 38.1 Å². The summed E-state index contributed by atoms with van der Waals surface area (Å²) in [5.74, 6) is 1.12. The Morgan fingerprint density at radius 1 is 1.50 bits per heavy atom. The van der Waals surface area contributed by atoms with Crippen LogP contribution in [-0.2, 0) is 4.79 Å². The van der Waals surface area contributed by atoms with E-state index in [2.05, 4.69) is 10.6 Å². The summed E-state index contributed by atoms with van der Waals surface area (Å²) >= 11 is 5.93. The molecule has 0 aromatic heterocycles. The number of carbonyl (C=O) groups excluding carboxylic acids is 1. The van der Waals surface area contributed by atoms with Gasteiger partial charge in [0, 0.05) is 10.9 Å². The summed E-state index contributed by atoms with van der Waals surface area (Å²) in [5, 5.41) is 7.05. The van der Waals surface area contributed by atoms with Crippen molar-refractivity contribution in [2.75, 3.05) is 19.6 Å². The number of piperidine rings is 1. The van der Waals surface area contributed by atoms with Gasteiger partial charge in [0.15, 0.2) is 0 Å². The molecule has 1 aromatic rings. The van der Waals surface area contributed by atoms with Gasteiger partial charge in [0.05, 0.1) is 6.54 Å². The van der Waals surface area contributed by atoms with E-state index < -0.39 is 0 Å². The molecule has 2 atom stereocenters. The zero-order valence-electron chi connectivity index (χ0n) is 12.9. The van der Waals surface area contributed by atoms with E-state index in [4.69, 9.17) is 16.3 Å². The second-order valence-corrected chi connectivity index (χ2v) is 6.94. The van der Waals surface area contributed by atoms with E-state index in [1.807, 2.05) is 25.1 Å². The number of ether oxygens (including phenoxy) is 1. The van der Waals surface area contributed by atoms with Crippen molar-refractivity contribution in [3.05, 3.63) is 29.3 Å². The molecule has 1 spiro atoms. The molecule has 1 amide bonds. The summed E-state index contributed by atoms with van der Waals surface area (Å²) < 4.78 is 5.77. The molecule has 1 saturated carbocycles. The van der Waals surface area contributed by atoms with Gasteiger partial charge in [0.1, 0.15) is 11.9 Å². The Hall–Kier alpha value is -1.26. The molecule has 4 nitrogen and oxygen atoms in total. The number of nitrogens with one attached hydrogen (secondary N) is 2. The van der Waals surface area contributed by atoms with E-state index in [0.29, 0.717) is 11.6 Å².